The maximum atomic E-state index is 14.9. The Morgan fingerprint density at radius 2 is 1.61 bits per heavy atom. The van der Waals surface area contributed by atoms with Crippen LogP contribution < -0.4 is 0 Å². The normalized spacial score (nSPS) is 19.0. The molecule has 1 fully saturated rings. The highest BCUT2D eigenvalue weighted by Gasteiger charge is 2.23. The number of benzene rings is 3. The van der Waals surface area contributed by atoms with Gasteiger partial charge in [-0.15, -0.1) is 6.58 Å². The minimum absolute atomic E-state index is 0.174. The van der Waals surface area contributed by atoms with Crippen molar-refractivity contribution in [2.24, 2.45) is 5.92 Å². The Morgan fingerprint density at radius 1 is 0.903 bits per heavy atom. The average molecular weight is 423 g/mol. The van der Waals surface area contributed by atoms with Gasteiger partial charge >= 0.3 is 0 Å². The number of hydrogen-bond donors (Lipinski definition) is 0. The highest BCUT2D eigenvalue weighted by Crippen LogP contribution is 2.39. The first-order chi connectivity index (χ1) is 15.0. The van der Waals surface area contributed by atoms with Gasteiger partial charge in [-0.1, -0.05) is 49.4 Å². The second kappa shape index (κ2) is 9.30. The van der Waals surface area contributed by atoms with Gasteiger partial charge in [-0.3, -0.25) is 0 Å². The van der Waals surface area contributed by atoms with Crippen LogP contribution in [0, 0.1) is 23.4 Å². The van der Waals surface area contributed by atoms with Crippen LogP contribution in [0.15, 0.2) is 55.1 Å². The van der Waals surface area contributed by atoms with Crippen LogP contribution in [0.1, 0.15) is 62.5 Å². The van der Waals surface area contributed by atoms with Gasteiger partial charge in [0.25, 0.3) is 0 Å². The summed E-state index contributed by atoms with van der Waals surface area (Å²) < 4.78 is 44.3. The topological polar surface area (TPSA) is 0 Å². The minimum atomic E-state index is -1.11. The molecule has 1 saturated carbocycles. The molecular weight excluding hydrogens is 393 g/mol. The smallest absolute Gasteiger partial charge is 0.170 e. The molecule has 0 nitrogen and oxygen atoms in total. The van der Waals surface area contributed by atoms with E-state index in [0.717, 1.165) is 12.3 Å². The molecule has 0 amide bonds. The lowest BCUT2D eigenvalue weighted by molar-refractivity contribution is 0.312. The average Bonchev–Trinajstić information content (AvgIpc) is 2.80. The van der Waals surface area contributed by atoms with Crippen molar-refractivity contribution >= 4 is 10.8 Å². The fourth-order valence-corrected chi connectivity index (χ4v) is 4.98. The molecule has 0 atom stereocenters. The Labute approximate surface area is 182 Å². The predicted molar refractivity (Wildman–Crippen MR) is 123 cm³/mol. The summed E-state index contributed by atoms with van der Waals surface area (Å²) in [5, 5.41) is 0.121. The van der Waals surface area contributed by atoms with Crippen molar-refractivity contribution in [3.63, 3.8) is 0 Å². The molecule has 3 aromatic rings. The third-order valence-electron chi connectivity index (χ3n) is 6.90. The van der Waals surface area contributed by atoms with Crippen molar-refractivity contribution in [3.05, 3.63) is 83.7 Å². The largest absolute Gasteiger partial charge is 0.206 e. The third-order valence-corrected chi connectivity index (χ3v) is 6.90. The first kappa shape index (κ1) is 21.7. The molecule has 0 spiro atoms. The van der Waals surface area contributed by atoms with Gasteiger partial charge in [0.05, 0.1) is 5.39 Å². The van der Waals surface area contributed by atoms with Crippen molar-refractivity contribution in [1.29, 1.82) is 0 Å². The summed E-state index contributed by atoms with van der Waals surface area (Å²) in [6.07, 6.45) is 9.53. The summed E-state index contributed by atoms with van der Waals surface area (Å²) >= 11 is 0. The number of aryl methyl sites for hydroxylation is 1. The summed E-state index contributed by atoms with van der Waals surface area (Å²) in [6, 6.07) is 12.7. The number of allylic oxidation sites excluding steroid dienone is 1. The summed E-state index contributed by atoms with van der Waals surface area (Å²) in [5.41, 5.74) is 2.43. The van der Waals surface area contributed by atoms with Crippen LogP contribution in [0.3, 0.4) is 0 Å². The van der Waals surface area contributed by atoms with Gasteiger partial charge in [0.2, 0.25) is 0 Å². The Morgan fingerprint density at radius 3 is 2.26 bits per heavy atom. The van der Waals surface area contributed by atoms with E-state index >= 15 is 0 Å². The van der Waals surface area contributed by atoms with E-state index in [1.165, 1.54) is 37.7 Å². The molecule has 0 heterocycles. The fraction of sp³-hybridized carbons (Fsp3) is 0.357. The van der Waals surface area contributed by atoms with Crippen LogP contribution >= 0.6 is 0 Å². The van der Waals surface area contributed by atoms with Gasteiger partial charge in [0, 0.05) is 5.56 Å². The zero-order chi connectivity index (χ0) is 22.0. The van der Waals surface area contributed by atoms with Gasteiger partial charge in [-0.25, -0.2) is 13.2 Å². The molecule has 0 saturated heterocycles. The molecule has 0 aliphatic heterocycles. The van der Waals surface area contributed by atoms with Gasteiger partial charge in [0.15, 0.2) is 11.6 Å². The summed E-state index contributed by atoms with van der Waals surface area (Å²) in [5.74, 6) is -1.45. The monoisotopic (exact) mass is 422 g/mol. The first-order valence-corrected chi connectivity index (χ1v) is 11.3. The molecule has 3 aromatic carbocycles. The minimum Gasteiger partial charge on any atom is -0.206 e. The molecule has 1 aliphatic carbocycles. The highest BCUT2D eigenvalue weighted by molar-refractivity contribution is 5.89. The van der Waals surface area contributed by atoms with Crippen molar-refractivity contribution in [1.82, 2.24) is 0 Å². The zero-order valence-corrected chi connectivity index (χ0v) is 18.1. The molecule has 0 radical (unpaired) electrons. The SMILES string of the molecule is C=CCCC1CCC(c2ccc(-c3cc4ccc(CC)c(F)c4c(F)c3F)cc2)CC1. The van der Waals surface area contributed by atoms with Gasteiger partial charge in [0.1, 0.15) is 5.82 Å². The molecule has 1 aliphatic rings. The van der Waals surface area contributed by atoms with E-state index in [1.807, 2.05) is 30.3 Å². The van der Waals surface area contributed by atoms with E-state index in [9.17, 15) is 13.2 Å². The van der Waals surface area contributed by atoms with Crippen LogP contribution in [0.5, 0.6) is 0 Å². The van der Waals surface area contributed by atoms with Crippen molar-refractivity contribution in [2.75, 3.05) is 0 Å². The fourth-order valence-electron chi connectivity index (χ4n) is 4.98. The van der Waals surface area contributed by atoms with E-state index in [4.69, 9.17) is 0 Å². The Kier molecular flexibility index (Phi) is 6.50. The van der Waals surface area contributed by atoms with Crippen molar-refractivity contribution in [2.45, 2.75) is 57.8 Å². The molecule has 162 valence electrons. The Bertz CT molecular complexity index is 1070. The number of halogens is 3. The maximum absolute atomic E-state index is 14.9. The van der Waals surface area contributed by atoms with Crippen LogP contribution in [0.2, 0.25) is 0 Å². The van der Waals surface area contributed by atoms with E-state index < -0.39 is 17.5 Å². The molecule has 31 heavy (non-hydrogen) atoms. The third kappa shape index (κ3) is 4.28. The molecule has 4 rings (SSSR count). The summed E-state index contributed by atoms with van der Waals surface area (Å²) in [6.45, 7) is 5.61. The first-order valence-electron chi connectivity index (χ1n) is 11.3. The van der Waals surface area contributed by atoms with E-state index in [0.29, 0.717) is 28.9 Å². The number of rotatable bonds is 6. The molecule has 0 aromatic heterocycles. The Balaban J connectivity index is 1.58. The van der Waals surface area contributed by atoms with Gasteiger partial charge in [-0.2, -0.15) is 0 Å². The lowest BCUT2D eigenvalue weighted by Gasteiger charge is -2.28. The van der Waals surface area contributed by atoms with E-state index in [-0.39, 0.29) is 10.9 Å². The molecule has 0 N–H and O–H groups in total. The van der Waals surface area contributed by atoms with Crippen LogP contribution in [-0.4, -0.2) is 0 Å². The number of hydrogen-bond acceptors (Lipinski definition) is 0. The lowest BCUT2D eigenvalue weighted by atomic mass is 9.77. The van der Waals surface area contributed by atoms with E-state index in [1.54, 1.807) is 25.1 Å². The molecule has 0 unspecified atom stereocenters. The lowest BCUT2D eigenvalue weighted by Crippen LogP contribution is -2.13. The second-order valence-electron chi connectivity index (χ2n) is 8.75. The summed E-state index contributed by atoms with van der Waals surface area (Å²) in [4.78, 5) is 0. The Hall–Kier alpha value is -2.55. The summed E-state index contributed by atoms with van der Waals surface area (Å²) in [7, 11) is 0. The van der Waals surface area contributed by atoms with Gasteiger partial charge < -0.3 is 0 Å². The molecule has 0 bridgehead atoms. The quantitative estimate of drug-likeness (QED) is 0.348. The van der Waals surface area contributed by atoms with Crippen LogP contribution in [-0.2, 0) is 6.42 Å². The van der Waals surface area contributed by atoms with Crippen molar-refractivity contribution < 1.29 is 13.2 Å². The van der Waals surface area contributed by atoms with Gasteiger partial charge in [-0.05, 0) is 84.9 Å². The molecular formula is C28H29F3. The van der Waals surface area contributed by atoms with Crippen LogP contribution in [0.4, 0.5) is 13.2 Å². The standard InChI is InChI=1S/C28H29F3/c1-3-5-6-18-7-9-20(10-8-18)21-12-14-22(15-13-21)24-17-23-16-11-19(4-2)26(29)25(23)28(31)27(24)30/h3,11-18,20H,1,4-10H2,2H3. The molecule has 3 heteroatoms. The predicted octanol–water partition coefficient (Wildman–Crippen LogP) is 8.73. The highest BCUT2D eigenvalue weighted by atomic mass is 19.2. The van der Waals surface area contributed by atoms with E-state index in [2.05, 4.69) is 6.58 Å². The number of fused-ring (bicyclic) bond motifs is 1. The zero-order valence-electron chi connectivity index (χ0n) is 18.1. The van der Waals surface area contributed by atoms with Crippen molar-refractivity contribution in [3.8, 4) is 11.1 Å². The maximum Gasteiger partial charge on any atom is 0.170 e. The second-order valence-corrected chi connectivity index (χ2v) is 8.75. The van der Waals surface area contributed by atoms with Crippen LogP contribution in [0.25, 0.3) is 21.9 Å².